The molecule has 0 saturated carbocycles. The molecule has 1 amide bonds. The van der Waals surface area contributed by atoms with E-state index in [9.17, 15) is 19.1 Å². The molecule has 2 N–H and O–H groups in total. The van der Waals surface area contributed by atoms with Gasteiger partial charge in [0.25, 0.3) is 0 Å². The summed E-state index contributed by atoms with van der Waals surface area (Å²) < 4.78 is 18.4. The first-order chi connectivity index (χ1) is 10.5. The van der Waals surface area contributed by atoms with Crippen molar-refractivity contribution in [3.05, 3.63) is 29.6 Å². The van der Waals surface area contributed by atoms with E-state index in [0.717, 1.165) is 0 Å². The van der Waals surface area contributed by atoms with Gasteiger partial charge in [-0.25, -0.2) is 9.18 Å². The molecule has 1 aliphatic rings. The van der Waals surface area contributed by atoms with Crippen molar-refractivity contribution >= 4 is 23.6 Å². The van der Waals surface area contributed by atoms with Crippen LogP contribution in [0.15, 0.2) is 18.2 Å². The lowest BCUT2D eigenvalue weighted by molar-refractivity contribution is -0.148. The number of nitrogens with one attached hydrogen (secondary N) is 1. The van der Waals surface area contributed by atoms with Crippen LogP contribution in [0.1, 0.15) is 18.4 Å². The molecule has 1 heterocycles. The molecule has 22 heavy (non-hydrogen) atoms. The van der Waals surface area contributed by atoms with Gasteiger partial charge in [-0.3, -0.25) is 4.79 Å². The number of carboxylic acids is 1. The maximum absolute atomic E-state index is 13.3. The monoisotopic (exact) mass is 327 g/mol. The van der Waals surface area contributed by atoms with Crippen LogP contribution in [0.2, 0.25) is 0 Å². The lowest BCUT2D eigenvalue weighted by atomic mass is 9.92. The van der Waals surface area contributed by atoms with Crippen LogP contribution in [-0.2, 0) is 16.0 Å². The Hall–Kier alpha value is -1.76. The fourth-order valence-electron chi connectivity index (χ4n) is 2.48. The van der Waals surface area contributed by atoms with Crippen molar-refractivity contribution in [2.75, 3.05) is 18.6 Å². The van der Waals surface area contributed by atoms with Crippen LogP contribution >= 0.6 is 11.8 Å². The van der Waals surface area contributed by atoms with E-state index in [2.05, 4.69) is 5.32 Å². The molecule has 1 aromatic rings. The minimum Gasteiger partial charge on any atom is -0.496 e. The second kappa shape index (κ2) is 7.00. The molecule has 1 aromatic carbocycles. The zero-order valence-corrected chi connectivity index (χ0v) is 13.0. The highest BCUT2D eigenvalue weighted by Crippen LogP contribution is 2.28. The Kier molecular flexibility index (Phi) is 5.28. The highest BCUT2D eigenvalue weighted by Gasteiger charge is 2.41. The standard InChI is InChI=1S/C15H18FNO4S/c1-21-12-3-2-11(16)8-10(12)9-13(18)17-15(14(19)20)4-6-22-7-5-15/h2-3,8H,4-7,9H2,1H3,(H,17,18)(H,19,20). The summed E-state index contributed by atoms with van der Waals surface area (Å²) in [5.41, 5.74) is -0.825. The number of aliphatic carboxylic acids is 1. The number of ether oxygens (including phenoxy) is 1. The van der Waals surface area contributed by atoms with Gasteiger partial charge in [-0.15, -0.1) is 0 Å². The van der Waals surface area contributed by atoms with E-state index in [1.165, 1.54) is 25.3 Å². The first-order valence-corrected chi connectivity index (χ1v) is 8.07. The third kappa shape index (κ3) is 3.71. The smallest absolute Gasteiger partial charge is 0.329 e. The summed E-state index contributed by atoms with van der Waals surface area (Å²) >= 11 is 1.67. The summed E-state index contributed by atoms with van der Waals surface area (Å²) in [6, 6.07) is 3.92. The van der Waals surface area contributed by atoms with Crippen LogP contribution < -0.4 is 10.1 Å². The van der Waals surface area contributed by atoms with Gasteiger partial charge in [0, 0.05) is 5.56 Å². The fourth-order valence-corrected chi connectivity index (χ4v) is 3.67. The van der Waals surface area contributed by atoms with Crippen molar-refractivity contribution in [1.82, 2.24) is 5.32 Å². The average molecular weight is 327 g/mol. The minimum absolute atomic E-state index is 0.122. The van der Waals surface area contributed by atoms with E-state index < -0.39 is 23.2 Å². The molecular weight excluding hydrogens is 309 g/mol. The Morgan fingerprint density at radius 3 is 2.68 bits per heavy atom. The Balaban J connectivity index is 2.12. The molecule has 0 spiro atoms. The molecular formula is C15H18FNO4S. The number of carbonyl (C=O) groups is 2. The van der Waals surface area contributed by atoms with E-state index in [0.29, 0.717) is 35.7 Å². The van der Waals surface area contributed by atoms with Crippen LogP contribution in [0.5, 0.6) is 5.75 Å². The number of hydrogen-bond donors (Lipinski definition) is 2. The van der Waals surface area contributed by atoms with E-state index in [-0.39, 0.29) is 6.42 Å². The normalized spacial score (nSPS) is 16.8. The number of amides is 1. The molecule has 0 unspecified atom stereocenters. The van der Waals surface area contributed by atoms with Crippen LogP contribution in [0.4, 0.5) is 4.39 Å². The number of methoxy groups -OCH3 is 1. The van der Waals surface area contributed by atoms with Crippen molar-refractivity contribution < 1.29 is 23.8 Å². The van der Waals surface area contributed by atoms with Crippen LogP contribution in [-0.4, -0.2) is 41.1 Å². The Morgan fingerprint density at radius 1 is 1.41 bits per heavy atom. The number of rotatable bonds is 5. The van der Waals surface area contributed by atoms with Crippen molar-refractivity contribution in [3.63, 3.8) is 0 Å². The van der Waals surface area contributed by atoms with E-state index in [4.69, 9.17) is 4.74 Å². The van der Waals surface area contributed by atoms with Gasteiger partial charge in [0.05, 0.1) is 13.5 Å². The molecule has 0 radical (unpaired) electrons. The summed E-state index contributed by atoms with van der Waals surface area (Å²) in [6.07, 6.45) is 0.654. The van der Waals surface area contributed by atoms with Crippen LogP contribution in [0.25, 0.3) is 0 Å². The SMILES string of the molecule is COc1ccc(F)cc1CC(=O)NC1(C(=O)O)CCSCC1. The molecule has 0 aromatic heterocycles. The Morgan fingerprint density at radius 2 is 2.09 bits per heavy atom. The van der Waals surface area contributed by atoms with Crippen molar-refractivity contribution in [3.8, 4) is 5.75 Å². The summed E-state index contributed by atoms with van der Waals surface area (Å²) in [6.45, 7) is 0. The van der Waals surface area contributed by atoms with Gasteiger partial charge in [-0.05, 0) is 42.5 Å². The number of benzene rings is 1. The maximum Gasteiger partial charge on any atom is 0.329 e. The number of carboxylic acid groups (broad SMARTS) is 1. The van der Waals surface area contributed by atoms with Crippen molar-refractivity contribution in [2.45, 2.75) is 24.8 Å². The lowest BCUT2D eigenvalue weighted by Gasteiger charge is -2.33. The first-order valence-electron chi connectivity index (χ1n) is 6.91. The number of carbonyl (C=O) groups excluding carboxylic acids is 1. The highest BCUT2D eigenvalue weighted by atomic mass is 32.2. The Labute approximate surface area is 132 Å². The van der Waals surface area contributed by atoms with Gasteiger partial charge < -0.3 is 15.2 Å². The quantitative estimate of drug-likeness (QED) is 0.863. The maximum atomic E-state index is 13.3. The van der Waals surface area contributed by atoms with Gasteiger partial charge in [0.1, 0.15) is 17.1 Å². The number of thioether (sulfide) groups is 1. The third-order valence-electron chi connectivity index (χ3n) is 3.73. The topological polar surface area (TPSA) is 75.6 Å². The second-order valence-electron chi connectivity index (χ2n) is 5.18. The third-order valence-corrected chi connectivity index (χ3v) is 4.71. The van der Waals surface area contributed by atoms with E-state index >= 15 is 0 Å². The molecule has 7 heteroatoms. The van der Waals surface area contributed by atoms with Gasteiger partial charge >= 0.3 is 5.97 Å². The van der Waals surface area contributed by atoms with Gasteiger partial charge in [0.2, 0.25) is 5.91 Å². The van der Waals surface area contributed by atoms with Crippen LogP contribution in [0.3, 0.4) is 0 Å². The predicted molar refractivity (Wildman–Crippen MR) is 81.7 cm³/mol. The summed E-state index contributed by atoms with van der Waals surface area (Å²) in [4.78, 5) is 23.7. The Bertz CT molecular complexity index is 573. The summed E-state index contributed by atoms with van der Waals surface area (Å²) in [5, 5.41) is 12.1. The molecule has 1 aliphatic heterocycles. The second-order valence-corrected chi connectivity index (χ2v) is 6.41. The molecule has 1 fully saturated rings. The highest BCUT2D eigenvalue weighted by molar-refractivity contribution is 7.99. The number of hydrogen-bond acceptors (Lipinski definition) is 4. The zero-order chi connectivity index (χ0) is 16.2. The van der Waals surface area contributed by atoms with Crippen molar-refractivity contribution in [2.24, 2.45) is 0 Å². The molecule has 1 saturated heterocycles. The molecule has 2 rings (SSSR count). The van der Waals surface area contributed by atoms with Gasteiger partial charge in [-0.1, -0.05) is 0 Å². The minimum atomic E-state index is -1.22. The number of halogens is 1. The fraction of sp³-hybridized carbons (Fsp3) is 0.467. The molecule has 5 nitrogen and oxygen atoms in total. The average Bonchev–Trinajstić information content (AvgIpc) is 2.48. The van der Waals surface area contributed by atoms with E-state index in [1.807, 2.05) is 0 Å². The molecule has 0 bridgehead atoms. The first kappa shape index (κ1) is 16.6. The lowest BCUT2D eigenvalue weighted by Crippen LogP contribution is -2.56. The molecule has 0 aliphatic carbocycles. The largest absolute Gasteiger partial charge is 0.496 e. The summed E-state index contributed by atoms with van der Waals surface area (Å²) in [5.74, 6) is -0.151. The van der Waals surface area contributed by atoms with Gasteiger partial charge in [0.15, 0.2) is 0 Å². The molecule has 0 atom stereocenters. The van der Waals surface area contributed by atoms with Gasteiger partial charge in [-0.2, -0.15) is 11.8 Å². The predicted octanol–water partition coefficient (Wildman–Crippen LogP) is 1.84. The van der Waals surface area contributed by atoms with Crippen molar-refractivity contribution in [1.29, 1.82) is 0 Å². The van der Waals surface area contributed by atoms with Crippen LogP contribution in [0, 0.1) is 5.82 Å². The summed E-state index contributed by atoms with van der Waals surface area (Å²) in [7, 11) is 1.44. The zero-order valence-electron chi connectivity index (χ0n) is 12.2. The molecule has 120 valence electrons. The van der Waals surface area contributed by atoms with E-state index in [1.54, 1.807) is 11.8 Å².